The second-order valence-corrected chi connectivity index (χ2v) is 7.58. The fraction of sp³-hybridized carbons (Fsp3) is 0.308. The van der Waals surface area contributed by atoms with Gasteiger partial charge in [-0.15, -0.1) is 0 Å². The maximum atomic E-state index is 6.17. The Morgan fingerprint density at radius 3 is 1.69 bits per heavy atom. The molecule has 0 aromatic heterocycles. The molecular formula is C26H31NO2. The van der Waals surface area contributed by atoms with Crippen molar-refractivity contribution < 1.29 is 9.47 Å². The molecule has 0 radical (unpaired) electrons. The Morgan fingerprint density at radius 1 is 0.621 bits per heavy atom. The number of hydrogen-bond acceptors (Lipinski definition) is 3. The molecule has 3 aromatic rings. The Balaban J connectivity index is 1.71. The van der Waals surface area contributed by atoms with Gasteiger partial charge in [-0.05, 0) is 68.5 Å². The molecule has 0 saturated carbocycles. The van der Waals surface area contributed by atoms with Crippen LogP contribution >= 0.6 is 0 Å². The Kier molecular flexibility index (Phi) is 7.71. The van der Waals surface area contributed by atoms with Crippen molar-refractivity contribution in [3.8, 4) is 11.5 Å². The molecule has 0 saturated heterocycles. The molecule has 152 valence electrons. The lowest BCUT2D eigenvalue weighted by atomic mass is 10.1. The van der Waals surface area contributed by atoms with Gasteiger partial charge in [0.2, 0.25) is 0 Å². The van der Waals surface area contributed by atoms with Crippen LogP contribution in [0.2, 0.25) is 0 Å². The summed E-state index contributed by atoms with van der Waals surface area (Å²) in [5, 5.41) is 0. The number of hydrogen-bond donors (Lipinski definition) is 1. The Bertz CT molecular complexity index is 886. The van der Waals surface area contributed by atoms with Crippen LogP contribution in [0.1, 0.15) is 40.7 Å². The third-order valence-corrected chi connectivity index (χ3v) is 4.96. The van der Waals surface area contributed by atoms with Gasteiger partial charge in [-0.2, -0.15) is 0 Å². The SMILES string of the molecule is Cc1ccc(COc2ccc(CCCCN)cc2OCc2ccc(C)cc2)cc1. The topological polar surface area (TPSA) is 44.5 Å². The van der Waals surface area contributed by atoms with Gasteiger partial charge >= 0.3 is 0 Å². The number of aryl methyl sites for hydroxylation is 3. The van der Waals surface area contributed by atoms with Gasteiger partial charge in [0, 0.05) is 0 Å². The summed E-state index contributed by atoms with van der Waals surface area (Å²) < 4.78 is 12.3. The fourth-order valence-corrected chi connectivity index (χ4v) is 3.10. The smallest absolute Gasteiger partial charge is 0.161 e. The molecule has 0 atom stereocenters. The van der Waals surface area contributed by atoms with Crippen molar-refractivity contribution in [2.45, 2.75) is 46.3 Å². The van der Waals surface area contributed by atoms with Crippen LogP contribution in [0.4, 0.5) is 0 Å². The van der Waals surface area contributed by atoms with E-state index < -0.39 is 0 Å². The van der Waals surface area contributed by atoms with Gasteiger partial charge in [-0.3, -0.25) is 0 Å². The maximum absolute atomic E-state index is 6.17. The average molecular weight is 390 g/mol. The van der Waals surface area contributed by atoms with Crippen molar-refractivity contribution in [3.05, 3.63) is 94.5 Å². The van der Waals surface area contributed by atoms with E-state index in [9.17, 15) is 0 Å². The molecule has 2 N–H and O–H groups in total. The molecule has 0 aliphatic carbocycles. The van der Waals surface area contributed by atoms with Gasteiger partial charge in [-0.1, -0.05) is 65.7 Å². The Hall–Kier alpha value is -2.78. The zero-order chi connectivity index (χ0) is 20.5. The van der Waals surface area contributed by atoms with Crippen LogP contribution in [0.15, 0.2) is 66.7 Å². The molecule has 0 heterocycles. The van der Waals surface area contributed by atoms with Crippen LogP contribution in [-0.4, -0.2) is 6.54 Å². The molecule has 0 unspecified atom stereocenters. The van der Waals surface area contributed by atoms with E-state index in [-0.39, 0.29) is 0 Å². The van der Waals surface area contributed by atoms with E-state index in [2.05, 4.69) is 74.5 Å². The summed E-state index contributed by atoms with van der Waals surface area (Å²) in [7, 11) is 0. The first kappa shape index (κ1) is 20.9. The summed E-state index contributed by atoms with van der Waals surface area (Å²) in [6, 6.07) is 23.1. The largest absolute Gasteiger partial charge is 0.485 e. The van der Waals surface area contributed by atoms with E-state index in [4.69, 9.17) is 15.2 Å². The lowest BCUT2D eigenvalue weighted by Gasteiger charge is -2.15. The molecular weight excluding hydrogens is 358 g/mol. The summed E-state index contributed by atoms with van der Waals surface area (Å²) in [4.78, 5) is 0. The zero-order valence-electron chi connectivity index (χ0n) is 17.5. The number of ether oxygens (including phenoxy) is 2. The molecule has 3 rings (SSSR count). The molecule has 29 heavy (non-hydrogen) atoms. The quantitative estimate of drug-likeness (QED) is 0.450. The predicted molar refractivity (Wildman–Crippen MR) is 119 cm³/mol. The first-order valence-corrected chi connectivity index (χ1v) is 10.3. The minimum absolute atomic E-state index is 0.521. The summed E-state index contributed by atoms with van der Waals surface area (Å²) in [6.07, 6.45) is 3.11. The van der Waals surface area contributed by atoms with Gasteiger partial charge < -0.3 is 15.2 Å². The van der Waals surface area contributed by atoms with Crippen LogP contribution in [0.25, 0.3) is 0 Å². The monoisotopic (exact) mass is 389 g/mol. The summed E-state index contributed by atoms with van der Waals surface area (Å²) in [5.41, 5.74) is 11.7. The van der Waals surface area contributed by atoms with E-state index in [0.29, 0.717) is 13.2 Å². The fourth-order valence-electron chi connectivity index (χ4n) is 3.10. The molecule has 3 heteroatoms. The normalized spacial score (nSPS) is 10.7. The van der Waals surface area contributed by atoms with E-state index in [1.54, 1.807) is 0 Å². The molecule has 0 aliphatic rings. The molecule has 0 amide bonds. The zero-order valence-corrected chi connectivity index (χ0v) is 17.5. The van der Waals surface area contributed by atoms with Crippen molar-refractivity contribution in [2.75, 3.05) is 6.54 Å². The van der Waals surface area contributed by atoms with Crippen LogP contribution in [0.5, 0.6) is 11.5 Å². The van der Waals surface area contributed by atoms with Crippen molar-refractivity contribution in [3.63, 3.8) is 0 Å². The standard InChI is InChI=1S/C26H31NO2/c1-20-6-10-23(11-7-20)18-28-25-15-14-22(5-3-4-16-27)17-26(25)29-19-24-12-8-21(2)9-13-24/h6-15,17H,3-5,16,18-19,27H2,1-2H3. The highest BCUT2D eigenvalue weighted by molar-refractivity contribution is 5.43. The van der Waals surface area contributed by atoms with Crippen LogP contribution in [-0.2, 0) is 19.6 Å². The van der Waals surface area contributed by atoms with Gasteiger partial charge in [0.1, 0.15) is 13.2 Å². The first-order valence-electron chi connectivity index (χ1n) is 10.3. The summed E-state index contributed by atoms with van der Waals surface area (Å²) in [5.74, 6) is 1.57. The molecule has 0 aliphatic heterocycles. The lowest BCUT2D eigenvalue weighted by molar-refractivity contribution is 0.255. The Labute approximate surface area is 174 Å². The van der Waals surface area contributed by atoms with E-state index in [1.807, 2.05) is 6.07 Å². The third kappa shape index (κ3) is 6.65. The molecule has 0 fully saturated rings. The minimum Gasteiger partial charge on any atom is -0.485 e. The summed E-state index contributed by atoms with van der Waals surface area (Å²) in [6.45, 7) is 5.95. The summed E-state index contributed by atoms with van der Waals surface area (Å²) >= 11 is 0. The van der Waals surface area contributed by atoms with Gasteiger partial charge in [0.15, 0.2) is 11.5 Å². The minimum atomic E-state index is 0.521. The predicted octanol–water partition coefficient (Wildman–Crippen LogP) is 5.74. The molecule has 3 nitrogen and oxygen atoms in total. The van der Waals surface area contributed by atoms with Gasteiger partial charge in [-0.25, -0.2) is 0 Å². The third-order valence-electron chi connectivity index (χ3n) is 4.96. The molecule has 3 aromatic carbocycles. The Morgan fingerprint density at radius 2 is 1.14 bits per heavy atom. The van der Waals surface area contributed by atoms with Gasteiger partial charge in [0.25, 0.3) is 0 Å². The van der Waals surface area contributed by atoms with Crippen LogP contribution < -0.4 is 15.2 Å². The highest BCUT2D eigenvalue weighted by atomic mass is 16.5. The lowest BCUT2D eigenvalue weighted by Crippen LogP contribution is -2.02. The second-order valence-electron chi connectivity index (χ2n) is 7.58. The van der Waals surface area contributed by atoms with Crippen molar-refractivity contribution in [2.24, 2.45) is 5.73 Å². The first-order chi connectivity index (χ1) is 14.1. The van der Waals surface area contributed by atoms with Crippen LogP contribution in [0.3, 0.4) is 0 Å². The number of unbranched alkanes of at least 4 members (excludes halogenated alkanes) is 1. The van der Waals surface area contributed by atoms with Crippen LogP contribution in [0, 0.1) is 13.8 Å². The second kappa shape index (κ2) is 10.7. The maximum Gasteiger partial charge on any atom is 0.161 e. The van der Waals surface area contributed by atoms with Crippen molar-refractivity contribution in [1.29, 1.82) is 0 Å². The van der Waals surface area contributed by atoms with E-state index in [0.717, 1.165) is 48.4 Å². The van der Waals surface area contributed by atoms with Crippen molar-refractivity contribution >= 4 is 0 Å². The average Bonchev–Trinajstić information content (AvgIpc) is 2.74. The molecule has 0 spiro atoms. The van der Waals surface area contributed by atoms with E-state index >= 15 is 0 Å². The highest BCUT2D eigenvalue weighted by Crippen LogP contribution is 2.30. The number of benzene rings is 3. The molecule has 0 bridgehead atoms. The van der Waals surface area contributed by atoms with E-state index in [1.165, 1.54) is 16.7 Å². The van der Waals surface area contributed by atoms with Crippen molar-refractivity contribution in [1.82, 2.24) is 0 Å². The number of rotatable bonds is 10. The van der Waals surface area contributed by atoms with Gasteiger partial charge in [0.05, 0.1) is 0 Å². The highest BCUT2D eigenvalue weighted by Gasteiger charge is 2.09. The number of nitrogens with two attached hydrogens (primary N) is 1.